The molecular formula is C16H15F3I+. The first kappa shape index (κ1) is 15.4. The number of benzene rings is 2. The number of hydrogen-bond donors (Lipinski definition) is 0. The molecule has 20 heavy (non-hydrogen) atoms. The Morgan fingerprint density at radius 1 is 0.850 bits per heavy atom. The third-order valence-electron chi connectivity index (χ3n) is 2.96. The number of hydrogen-bond acceptors (Lipinski definition) is 0. The summed E-state index contributed by atoms with van der Waals surface area (Å²) >= 11 is -0.444. The lowest BCUT2D eigenvalue weighted by Gasteiger charge is -2.05. The van der Waals surface area contributed by atoms with Crippen molar-refractivity contribution in [3.8, 4) is 0 Å². The Hall–Kier alpha value is -1.04. The summed E-state index contributed by atoms with van der Waals surface area (Å²) in [6, 6.07) is 9.82. The van der Waals surface area contributed by atoms with Gasteiger partial charge in [-0.15, -0.1) is 0 Å². The Bertz CT molecular complexity index is 590. The third-order valence-corrected chi connectivity index (χ3v) is 6.54. The van der Waals surface area contributed by atoms with Gasteiger partial charge < -0.3 is 0 Å². The maximum Gasteiger partial charge on any atom is 0.416 e. The number of halogens is 4. The van der Waals surface area contributed by atoms with Crippen molar-refractivity contribution < 1.29 is 34.4 Å². The molecule has 0 spiro atoms. The summed E-state index contributed by atoms with van der Waals surface area (Å²) < 4.78 is 39.9. The van der Waals surface area contributed by atoms with Gasteiger partial charge in [-0.2, -0.15) is 13.2 Å². The van der Waals surface area contributed by atoms with Crippen LogP contribution in [0.2, 0.25) is 0 Å². The quantitative estimate of drug-likeness (QED) is 0.685. The van der Waals surface area contributed by atoms with Crippen molar-refractivity contribution in [2.24, 2.45) is 0 Å². The molecule has 0 amide bonds. The summed E-state index contributed by atoms with van der Waals surface area (Å²) in [4.78, 5) is 0. The summed E-state index contributed by atoms with van der Waals surface area (Å²) in [6.07, 6.45) is -4.26. The van der Waals surface area contributed by atoms with Gasteiger partial charge >= 0.3 is 27.4 Å². The molecule has 106 valence electrons. The normalized spacial score (nSPS) is 11.7. The van der Waals surface area contributed by atoms with E-state index < -0.39 is 32.9 Å². The van der Waals surface area contributed by atoms with Crippen molar-refractivity contribution in [1.82, 2.24) is 0 Å². The molecule has 0 aliphatic rings. The first-order valence-electron chi connectivity index (χ1n) is 6.17. The van der Waals surface area contributed by atoms with E-state index in [1.165, 1.54) is 32.4 Å². The lowest BCUT2D eigenvalue weighted by molar-refractivity contribution is -0.598. The molecule has 4 heteroatoms. The van der Waals surface area contributed by atoms with Crippen LogP contribution in [0.25, 0.3) is 0 Å². The Morgan fingerprint density at radius 3 is 1.80 bits per heavy atom. The molecule has 2 aromatic rings. The van der Waals surface area contributed by atoms with E-state index in [9.17, 15) is 13.2 Å². The van der Waals surface area contributed by atoms with Crippen molar-refractivity contribution >= 4 is 0 Å². The minimum Gasteiger partial charge on any atom is -0.166 e. The van der Waals surface area contributed by atoms with Crippen molar-refractivity contribution in [1.29, 1.82) is 0 Å². The van der Waals surface area contributed by atoms with Crippen LogP contribution >= 0.6 is 0 Å². The van der Waals surface area contributed by atoms with Gasteiger partial charge in [0.25, 0.3) is 0 Å². The molecule has 0 saturated carbocycles. The number of rotatable bonds is 2. The second kappa shape index (κ2) is 5.76. The van der Waals surface area contributed by atoms with Gasteiger partial charge in [-0.3, -0.25) is 0 Å². The van der Waals surface area contributed by atoms with Gasteiger partial charge in [-0.25, -0.2) is 0 Å². The lowest BCUT2D eigenvalue weighted by atomic mass is 10.1. The van der Waals surface area contributed by atoms with Crippen molar-refractivity contribution in [3.05, 3.63) is 65.8 Å². The molecule has 0 fully saturated rings. The molecule has 0 N–H and O–H groups in total. The third kappa shape index (κ3) is 3.53. The topological polar surface area (TPSA) is 0 Å². The zero-order valence-corrected chi connectivity index (χ0v) is 13.6. The average Bonchev–Trinajstić information content (AvgIpc) is 2.33. The molecule has 0 radical (unpaired) electrons. The van der Waals surface area contributed by atoms with Crippen LogP contribution in [-0.2, 0) is 6.18 Å². The Morgan fingerprint density at radius 2 is 1.35 bits per heavy atom. The minimum atomic E-state index is -4.26. The highest BCUT2D eigenvalue weighted by atomic mass is 127. The molecule has 0 aromatic heterocycles. The Balaban J connectivity index is 2.27. The molecule has 2 aromatic carbocycles. The van der Waals surface area contributed by atoms with E-state index in [0.717, 1.165) is 3.57 Å². The number of aryl methyl sites for hydroxylation is 3. The minimum absolute atomic E-state index is 0.444. The molecule has 0 aliphatic heterocycles. The molecule has 0 heterocycles. The Kier molecular flexibility index (Phi) is 4.42. The van der Waals surface area contributed by atoms with Crippen LogP contribution in [0.15, 0.2) is 36.4 Å². The van der Waals surface area contributed by atoms with E-state index in [-0.39, 0.29) is 0 Å². The summed E-state index contributed by atoms with van der Waals surface area (Å²) in [5.74, 6) is 0. The maximum atomic E-state index is 12.5. The molecule has 0 aliphatic carbocycles. The fraction of sp³-hybridized carbons (Fsp3) is 0.250. The number of alkyl halides is 3. The van der Waals surface area contributed by atoms with Crippen LogP contribution in [0, 0.1) is 27.9 Å². The van der Waals surface area contributed by atoms with Crippen LogP contribution in [0.4, 0.5) is 13.2 Å². The molecule has 0 unspecified atom stereocenters. The van der Waals surface area contributed by atoms with Crippen molar-refractivity contribution in [3.63, 3.8) is 0 Å². The monoisotopic (exact) mass is 391 g/mol. The smallest absolute Gasteiger partial charge is 0.166 e. The zero-order chi connectivity index (χ0) is 14.9. The largest absolute Gasteiger partial charge is 0.416 e. The summed E-state index contributed by atoms with van der Waals surface area (Å²) in [5, 5.41) is 0. The summed E-state index contributed by atoms with van der Waals surface area (Å²) in [5.41, 5.74) is 3.10. The predicted octanol–water partition coefficient (Wildman–Crippen LogP) is 1.76. The molecular weight excluding hydrogens is 376 g/mol. The van der Waals surface area contributed by atoms with Gasteiger partial charge in [0.2, 0.25) is 0 Å². The van der Waals surface area contributed by atoms with E-state index in [1.807, 2.05) is 0 Å². The fourth-order valence-corrected chi connectivity index (χ4v) is 4.63. The molecule has 0 saturated heterocycles. The van der Waals surface area contributed by atoms with Crippen LogP contribution in [0.3, 0.4) is 0 Å². The zero-order valence-electron chi connectivity index (χ0n) is 11.5. The fourth-order valence-electron chi connectivity index (χ4n) is 2.12. The highest BCUT2D eigenvalue weighted by Crippen LogP contribution is 2.28. The van der Waals surface area contributed by atoms with Crippen LogP contribution in [0.1, 0.15) is 22.3 Å². The van der Waals surface area contributed by atoms with Crippen LogP contribution in [-0.4, -0.2) is 0 Å². The summed E-state index contributed by atoms with van der Waals surface area (Å²) in [7, 11) is 0. The summed E-state index contributed by atoms with van der Waals surface area (Å²) in [6.45, 7) is 6.19. The Labute approximate surface area is 127 Å². The first-order chi connectivity index (χ1) is 9.27. The van der Waals surface area contributed by atoms with Crippen LogP contribution in [0.5, 0.6) is 0 Å². The second-order valence-electron chi connectivity index (χ2n) is 4.81. The van der Waals surface area contributed by atoms with Gasteiger partial charge in [0.15, 0.2) is 7.14 Å². The van der Waals surface area contributed by atoms with E-state index >= 15 is 0 Å². The van der Waals surface area contributed by atoms with Gasteiger partial charge in [-0.05, 0) is 45.0 Å². The van der Waals surface area contributed by atoms with Gasteiger partial charge in [0.1, 0.15) is 0 Å². The molecule has 0 bridgehead atoms. The highest BCUT2D eigenvalue weighted by molar-refractivity contribution is 5.27. The second-order valence-corrected chi connectivity index (χ2v) is 7.68. The van der Waals surface area contributed by atoms with E-state index in [0.29, 0.717) is 0 Å². The van der Waals surface area contributed by atoms with Crippen molar-refractivity contribution in [2.45, 2.75) is 26.9 Å². The van der Waals surface area contributed by atoms with Crippen molar-refractivity contribution in [2.75, 3.05) is 0 Å². The van der Waals surface area contributed by atoms with E-state index in [2.05, 4.69) is 32.9 Å². The highest BCUT2D eigenvalue weighted by Gasteiger charge is 2.31. The molecule has 0 atom stereocenters. The van der Waals surface area contributed by atoms with Gasteiger partial charge in [0, 0.05) is 11.1 Å². The van der Waals surface area contributed by atoms with E-state index in [4.69, 9.17) is 0 Å². The first-order valence-corrected chi connectivity index (χ1v) is 8.33. The molecule has 2 rings (SSSR count). The predicted molar refractivity (Wildman–Crippen MR) is 69.5 cm³/mol. The standard InChI is InChI=1S/C16H15F3I/c1-10-8-11(2)15(12(3)9-10)20-14-6-4-13(5-7-14)16(17,18)19/h4-9H,1-3H3/q+1. The maximum absolute atomic E-state index is 12.5. The van der Waals surface area contributed by atoms with Crippen LogP contribution < -0.4 is 21.2 Å². The van der Waals surface area contributed by atoms with Gasteiger partial charge in [0.05, 0.1) is 5.56 Å². The lowest BCUT2D eigenvalue weighted by Crippen LogP contribution is -3.62. The van der Waals surface area contributed by atoms with E-state index in [1.54, 1.807) is 12.1 Å². The SMILES string of the molecule is Cc1cc(C)c([I+]c2ccc(C(F)(F)F)cc2)c(C)c1. The average molecular weight is 391 g/mol. The van der Waals surface area contributed by atoms with Gasteiger partial charge in [-0.1, -0.05) is 17.7 Å². The molecule has 0 nitrogen and oxygen atoms in total.